The van der Waals surface area contributed by atoms with Gasteiger partial charge in [0.25, 0.3) is 0 Å². The van der Waals surface area contributed by atoms with Gasteiger partial charge in [0.05, 0.1) is 0 Å². The van der Waals surface area contributed by atoms with Crippen molar-refractivity contribution in [3.8, 4) is 0 Å². The van der Waals surface area contributed by atoms with E-state index in [-0.39, 0.29) is 11.5 Å². The Morgan fingerprint density at radius 3 is 2.90 bits per heavy atom. The Bertz CT molecular complexity index is 704. The summed E-state index contributed by atoms with van der Waals surface area (Å²) in [5.41, 5.74) is 8.11. The summed E-state index contributed by atoms with van der Waals surface area (Å²) in [5, 5.41) is 18.6. The minimum atomic E-state index is -0.230. The number of rotatable bonds is 4. The van der Waals surface area contributed by atoms with Crippen molar-refractivity contribution in [2.75, 3.05) is 0 Å². The third-order valence-electron chi connectivity index (χ3n) is 2.94. The van der Waals surface area contributed by atoms with Gasteiger partial charge in [-0.1, -0.05) is 29.1 Å². The summed E-state index contributed by atoms with van der Waals surface area (Å²) < 4.78 is 1.46. The van der Waals surface area contributed by atoms with Crippen molar-refractivity contribution in [1.29, 1.82) is 0 Å². The van der Waals surface area contributed by atoms with E-state index in [2.05, 4.69) is 15.4 Å². The van der Waals surface area contributed by atoms with Crippen molar-refractivity contribution in [2.45, 2.75) is 17.8 Å². The van der Waals surface area contributed by atoms with Gasteiger partial charge >= 0.3 is 5.69 Å². The molecule has 2 aromatic rings. The first-order valence-electron chi connectivity index (χ1n) is 5.84. The van der Waals surface area contributed by atoms with Crippen LogP contribution in [0.2, 0.25) is 0 Å². The van der Waals surface area contributed by atoms with Crippen molar-refractivity contribution in [3.05, 3.63) is 45.4 Å². The molecule has 2 rings (SSSR count). The van der Waals surface area contributed by atoms with E-state index in [0.29, 0.717) is 16.5 Å². The molecule has 1 aromatic carbocycles. The third-order valence-corrected chi connectivity index (χ3v) is 4.02. The van der Waals surface area contributed by atoms with Gasteiger partial charge < -0.3 is 10.9 Å². The van der Waals surface area contributed by atoms with Gasteiger partial charge in [0.15, 0.2) is 11.0 Å². The topological polar surface area (TPSA) is 109 Å². The molecule has 4 N–H and O–H groups in total. The van der Waals surface area contributed by atoms with Crippen molar-refractivity contribution in [3.63, 3.8) is 0 Å². The van der Waals surface area contributed by atoms with E-state index in [4.69, 9.17) is 10.9 Å². The molecule has 0 saturated heterocycles. The van der Waals surface area contributed by atoms with Gasteiger partial charge in [-0.2, -0.15) is 0 Å². The molecule has 106 valence electrons. The second-order valence-corrected chi connectivity index (χ2v) is 5.23. The van der Waals surface area contributed by atoms with Gasteiger partial charge in [0.2, 0.25) is 0 Å². The first-order valence-corrected chi connectivity index (χ1v) is 6.83. The molecule has 0 bridgehead atoms. The Balaban J connectivity index is 2.14. The average molecular weight is 293 g/mol. The van der Waals surface area contributed by atoms with E-state index < -0.39 is 0 Å². The Hall–Kier alpha value is -2.22. The fourth-order valence-electron chi connectivity index (χ4n) is 1.68. The predicted molar refractivity (Wildman–Crippen MR) is 77.1 cm³/mol. The van der Waals surface area contributed by atoms with Crippen molar-refractivity contribution < 1.29 is 5.21 Å². The quantitative estimate of drug-likeness (QED) is 0.254. The summed E-state index contributed by atoms with van der Waals surface area (Å²) >= 11 is 1.46. The number of amidine groups is 1. The van der Waals surface area contributed by atoms with Crippen LogP contribution >= 0.6 is 11.8 Å². The standard InChI is InChI=1S/C12H15N5O2S/c1-7-5-8(10(13)16-19)3-4-9(7)6-20-12-15-14-11(18)17(12)2/h3-5,19H,6H2,1-2H3,(H2,13,16)(H,14,18). The number of benzene rings is 1. The van der Waals surface area contributed by atoms with E-state index in [1.165, 1.54) is 16.3 Å². The van der Waals surface area contributed by atoms with Crippen LogP contribution in [0.25, 0.3) is 0 Å². The van der Waals surface area contributed by atoms with Crippen LogP contribution in [0.3, 0.4) is 0 Å². The molecule has 1 heterocycles. The molecule has 1 aromatic heterocycles. The first kappa shape index (κ1) is 14.2. The number of thioether (sulfide) groups is 1. The third kappa shape index (κ3) is 2.85. The van der Waals surface area contributed by atoms with Gasteiger partial charge in [-0.3, -0.25) is 4.57 Å². The number of hydrogen-bond donors (Lipinski definition) is 3. The lowest BCUT2D eigenvalue weighted by Gasteiger charge is -2.07. The highest BCUT2D eigenvalue weighted by atomic mass is 32.2. The van der Waals surface area contributed by atoms with Gasteiger partial charge in [-0.25, -0.2) is 9.89 Å². The average Bonchev–Trinajstić information content (AvgIpc) is 2.76. The van der Waals surface area contributed by atoms with Crippen LogP contribution in [0.1, 0.15) is 16.7 Å². The monoisotopic (exact) mass is 293 g/mol. The Morgan fingerprint density at radius 1 is 1.60 bits per heavy atom. The zero-order valence-electron chi connectivity index (χ0n) is 11.1. The molecule has 0 amide bonds. The molecular formula is C12H15N5O2S. The molecule has 0 aliphatic carbocycles. The van der Waals surface area contributed by atoms with Crippen LogP contribution in [0.5, 0.6) is 0 Å². The Kier molecular flexibility index (Phi) is 4.14. The first-order chi connectivity index (χ1) is 9.52. The van der Waals surface area contributed by atoms with Crippen LogP contribution in [-0.2, 0) is 12.8 Å². The summed E-state index contributed by atoms with van der Waals surface area (Å²) in [5.74, 6) is 0.766. The summed E-state index contributed by atoms with van der Waals surface area (Å²) in [6.07, 6.45) is 0. The zero-order valence-corrected chi connectivity index (χ0v) is 11.9. The van der Waals surface area contributed by atoms with E-state index in [0.717, 1.165) is 11.1 Å². The number of aromatic amines is 1. The second-order valence-electron chi connectivity index (χ2n) is 4.29. The van der Waals surface area contributed by atoms with Crippen molar-refractivity contribution in [1.82, 2.24) is 14.8 Å². The maximum Gasteiger partial charge on any atom is 0.343 e. The lowest BCUT2D eigenvalue weighted by atomic mass is 10.1. The molecule has 8 heteroatoms. The SMILES string of the molecule is Cc1cc(/C(N)=N/O)ccc1CSc1n[nH]c(=O)n1C. The molecule has 7 nitrogen and oxygen atoms in total. The predicted octanol–water partition coefficient (Wildman–Crippen LogP) is 0.804. The van der Waals surface area contributed by atoms with E-state index in [1.807, 2.05) is 19.1 Å². The minimum Gasteiger partial charge on any atom is -0.409 e. The second kappa shape index (κ2) is 5.83. The number of H-pyrrole nitrogens is 1. The van der Waals surface area contributed by atoms with Crippen LogP contribution < -0.4 is 11.4 Å². The summed E-state index contributed by atoms with van der Waals surface area (Å²) in [6.45, 7) is 1.95. The van der Waals surface area contributed by atoms with Gasteiger partial charge in [-0.05, 0) is 24.1 Å². The maximum atomic E-state index is 11.3. The molecule has 0 saturated carbocycles. The van der Waals surface area contributed by atoms with Crippen LogP contribution in [0, 0.1) is 6.92 Å². The normalized spacial score (nSPS) is 11.8. The fourth-order valence-corrected chi connectivity index (χ4v) is 2.67. The molecule has 0 radical (unpaired) electrons. The van der Waals surface area contributed by atoms with Crippen LogP contribution in [-0.4, -0.2) is 25.8 Å². The summed E-state index contributed by atoms with van der Waals surface area (Å²) in [4.78, 5) is 11.3. The number of nitrogens with one attached hydrogen (secondary N) is 1. The van der Waals surface area contributed by atoms with E-state index in [1.54, 1.807) is 13.1 Å². The van der Waals surface area contributed by atoms with Crippen LogP contribution in [0.15, 0.2) is 33.3 Å². The molecule has 20 heavy (non-hydrogen) atoms. The molecule has 0 atom stereocenters. The van der Waals surface area contributed by atoms with Crippen molar-refractivity contribution in [2.24, 2.45) is 17.9 Å². The zero-order chi connectivity index (χ0) is 14.7. The highest BCUT2D eigenvalue weighted by molar-refractivity contribution is 7.98. The number of aromatic nitrogens is 3. The van der Waals surface area contributed by atoms with E-state index >= 15 is 0 Å². The number of aryl methyl sites for hydroxylation is 1. The largest absolute Gasteiger partial charge is 0.409 e. The lowest BCUT2D eigenvalue weighted by Crippen LogP contribution is -2.13. The highest BCUT2D eigenvalue weighted by Crippen LogP contribution is 2.22. The van der Waals surface area contributed by atoms with Crippen molar-refractivity contribution >= 4 is 17.6 Å². The lowest BCUT2D eigenvalue weighted by molar-refractivity contribution is 0.318. The molecule has 0 aliphatic rings. The molecule has 0 unspecified atom stereocenters. The summed E-state index contributed by atoms with van der Waals surface area (Å²) in [7, 11) is 1.67. The Labute approximate surface area is 119 Å². The summed E-state index contributed by atoms with van der Waals surface area (Å²) in [6, 6.07) is 5.57. The van der Waals surface area contributed by atoms with Crippen LogP contribution in [0.4, 0.5) is 0 Å². The Morgan fingerprint density at radius 2 is 2.35 bits per heavy atom. The smallest absolute Gasteiger partial charge is 0.343 e. The number of hydrogen-bond acceptors (Lipinski definition) is 5. The van der Waals surface area contributed by atoms with Gasteiger partial charge in [0, 0.05) is 18.4 Å². The molecule has 0 spiro atoms. The van der Waals surface area contributed by atoms with E-state index in [9.17, 15) is 4.79 Å². The number of oxime groups is 1. The maximum absolute atomic E-state index is 11.3. The molecule has 0 aliphatic heterocycles. The van der Waals surface area contributed by atoms with Gasteiger partial charge in [-0.15, -0.1) is 5.10 Å². The highest BCUT2D eigenvalue weighted by Gasteiger charge is 2.08. The minimum absolute atomic E-state index is 0.0852. The molecular weight excluding hydrogens is 278 g/mol. The molecule has 0 fully saturated rings. The number of nitrogens with zero attached hydrogens (tertiary/aromatic N) is 3. The number of nitrogens with two attached hydrogens (primary N) is 1. The fraction of sp³-hybridized carbons (Fsp3) is 0.250. The van der Waals surface area contributed by atoms with Gasteiger partial charge in [0.1, 0.15) is 0 Å².